The lowest BCUT2D eigenvalue weighted by atomic mass is 10.4. The average molecular weight is 343 g/mol. The third-order valence-corrected chi connectivity index (χ3v) is 5.98. The number of benzene rings is 2. The van der Waals surface area contributed by atoms with Gasteiger partial charge in [-0.15, -0.1) is 24.0 Å². The molecule has 0 N–H and O–H groups in total. The van der Waals surface area contributed by atoms with Crippen molar-refractivity contribution < 1.29 is 0 Å². The molecule has 2 rings (SSSR count). The highest BCUT2D eigenvalue weighted by atomic mass is 127. The highest BCUT2D eigenvalue weighted by Crippen LogP contribution is 2.48. The number of hydrogen-bond acceptors (Lipinski definition) is 0. The summed E-state index contributed by atoms with van der Waals surface area (Å²) >= 11 is 0. The van der Waals surface area contributed by atoms with Crippen molar-refractivity contribution >= 4 is 41.8 Å². The number of rotatable bonds is 2. The summed E-state index contributed by atoms with van der Waals surface area (Å²) in [6.45, 7) is 4.75. The van der Waals surface area contributed by atoms with Gasteiger partial charge in [0.2, 0.25) is 0 Å². The maximum atomic E-state index is 2.37. The van der Waals surface area contributed by atoms with E-state index in [0.29, 0.717) is 0 Å². The molecule has 0 unspecified atom stereocenters. The highest BCUT2D eigenvalue weighted by Gasteiger charge is 2.30. The molecular formula is C14H17IP+. The summed E-state index contributed by atoms with van der Waals surface area (Å²) in [4.78, 5) is 0. The van der Waals surface area contributed by atoms with E-state index in [4.69, 9.17) is 0 Å². The second-order valence-electron chi connectivity index (χ2n) is 4.12. The van der Waals surface area contributed by atoms with Gasteiger partial charge in [0.15, 0.2) is 0 Å². The van der Waals surface area contributed by atoms with Crippen molar-refractivity contribution in [3.63, 3.8) is 0 Å². The number of hydrogen-bond donors (Lipinski definition) is 0. The lowest BCUT2D eigenvalue weighted by Crippen LogP contribution is -2.19. The minimum absolute atomic E-state index is 0. The Morgan fingerprint density at radius 3 is 1.25 bits per heavy atom. The van der Waals surface area contributed by atoms with Gasteiger partial charge in [0, 0.05) is 0 Å². The van der Waals surface area contributed by atoms with E-state index in [1.165, 1.54) is 10.6 Å². The van der Waals surface area contributed by atoms with Gasteiger partial charge in [-0.05, 0) is 24.3 Å². The molecule has 0 spiro atoms. The van der Waals surface area contributed by atoms with Crippen molar-refractivity contribution in [2.24, 2.45) is 0 Å². The Bertz CT molecular complexity index is 382. The molecule has 0 bridgehead atoms. The van der Waals surface area contributed by atoms with E-state index in [9.17, 15) is 0 Å². The quantitative estimate of drug-likeness (QED) is 0.578. The summed E-state index contributed by atoms with van der Waals surface area (Å²) in [5.74, 6) is 0. The van der Waals surface area contributed by atoms with Crippen LogP contribution in [0.1, 0.15) is 0 Å². The average Bonchev–Trinajstić information content (AvgIpc) is 2.31. The molecule has 84 valence electrons. The molecule has 0 aliphatic heterocycles. The lowest BCUT2D eigenvalue weighted by Gasteiger charge is -2.17. The maximum absolute atomic E-state index is 2.37. The molecule has 16 heavy (non-hydrogen) atoms. The van der Waals surface area contributed by atoms with E-state index in [2.05, 4.69) is 74.0 Å². The van der Waals surface area contributed by atoms with Crippen LogP contribution in [0.4, 0.5) is 0 Å². The van der Waals surface area contributed by atoms with Gasteiger partial charge in [-0.25, -0.2) is 0 Å². The van der Waals surface area contributed by atoms with E-state index in [1.807, 2.05) is 0 Å². The third-order valence-electron chi connectivity index (χ3n) is 2.80. The van der Waals surface area contributed by atoms with Crippen LogP contribution in [-0.4, -0.2) is 13.3 Å². The first-order chi connectivity index (χ1) is 7.21. The SMILES string of the molecule is C[P+](C)(c1ccccc1)c1ccccc1.I. The molecule has 2 aromatic rings. The smallest absolute Gasteiger partial charge is 0.0985 e. The molecule has 2 heteroatoms. The number of halogens is 1. The van der Waals surface area contributed by atoms with Crippen LogP contribution in [0.5, 0.6) is 0 Å². The van der Waals surface area contributed by atoms with Gasteiger partial charge in [-0.1, -0.05) is 36.4 Å². The summed E-state index contributed by atoms with van der Waals surface area (Å²) < 4.78 is 0. The van der Waals surface area contributed by atoms with Crippen LogP contribution in [0.15, 0.2) is 60.7 Å². The Morgan fingerprint density at radius 1 is 0.625 bits per heavy atom. The summed E-state index contributed by atoms with van der Waals surface area (Å²) in [6.07, 6.45) is 0. The van der Waals surface area contributed by atoms with E-state index in [1.54, 1.807) is 0 Å². The van der Waals surface area contributed by atoms with Gasteiger partial charge >= 0.3 is 0 Å². The Kier molecular flexibility index (Phi) is 4.94. The van der Waals surface area contributed by atoms with Crippen molar-refractivity contribution in [3.05, 3.63) is 60.7 Å². The van der Waals surface area contributed by atoms with Crippen molar-refractivity contribution in [2.75, 3.05) is 13.3 Å². The van der Waals surface area contributed by atoms with Gasteiger partial charge in [-0.2, -0.15) is 0 Å². The molecule has 0 heterocycles. The first-order valence-electron chi connectivity index (χ1n) is 5.16. The molecule has 0 nitrogen and oxygen atoms in total. The molecule has 0 fully saturated rings. The largest absolute Gasteiger partial charge is 0.107 e. The molecule has 0 amide bonds. The van der Waals surface area contributed by atoms with E-state index in [-0.39, 0.29) is 24.0 Å². The molecule has 0 aromatic heterocycles. The zero-order valence-electron chi connectivity index (χ0n) is 9.63. The van der Waals surface area contributed by atoms with Gasteiger partial charge < -0.3 is 0 Å². The summed E-state index contributed by atoms with van der Waals surface area (Å²) in [7, 11) is -1.15. The van der Waals surface area contributed by atoms with Gasteiger partial charge in [0.05, 0.1) is 31.2 Å². The first-order valence-corrected chi connectivity index (χ1v) is 7.85. The Labute approximate surface area is 115 Å². The molecule has 0 aliphatic carbocycles. The maximum Gasteiger partial charge on any atom is 0.0985 e. The van der Waals surface area contributed by atoms with Gasteiger partial charge in [-0.3, -0.25) is 0 Å². The molecular weight excluding hydrogens is 326 g/mol. The zero-order valence-corrected chi connectivity index (χ0v) is 12.9. The lowest BCUT2D eigenvalue weighted by molar-refractivity contribution is 1.73. The first kappa shape index (κ1) is 13.7. The van der Waals surface area contributed by atoms with Crippen LogP contribution in [0.2, 0.25) is 0 Å². The van der Waals surface area contributed by atoms with Crippen molar-refractivity contribution in [1.29, 1.82) is 0 Å². The molecule has 0 radical (unpaired) electrons. The minimum atomic E-state index is -1.15. The van der Waals surface area contributed by atoms with Gasteiger partial charge in [0.1, 0.15) is 0 Å². The normalized spacial score (nSPS) is 10.6. The van der Waals surface area contributed by atoms with Crippen LogP contribution >= 0.6 is 31.2 Å². The van der Waals surface area contributed by atoms with Crippen molar-refractivity contribution in [2.45, 2.75) is 0 Å². The second-order valence-corrected chi connectivity index (χ2v) is 8.06. The Hall–Kier alpha value is -0.400. The van der Waals surface area contributed by atoms with Gasteiger partial charge in [0.25, 0.3) is 0 Å². The van der Waals surface area contributed by atoms with Crippen molar-refractivity contribution in [1.82, 2.24) is 0 Å². The predicted molar refractivity (Wildman–Crippen MR) is 86.3 cm³/mol. The molecule has 0 saturated heterocycles. The fraction of sp³-hybridized carbons (Fsp3) is 0.143. The van der Waals surface area contributed by atoms with E-state index < -0.39 is 7.26 Å². The highest BCUT2D eigenvalue weighted by molar-refractivity contribution is 14.0. The fourth-order valence-electron chi connectivity index (χ4n) is 1.75. The zero-order chi connectivity index (χ0) is 10.7. The monoisotopic (exact) mass is 343 g/mol. The van der Waals surface area contributed by atoms with Crippen LogP contribution in [-0.2, 0) is 0 Å². The minimum Gasteiger partial charge on any atom is -0.107 e. The standard InChI is InChI=1S/C14H16P.HI/c1-15(2,13-9-5-3-6-10-13)14-11-7-4-8-12-14;/h3-12H,1-2H3;1H/q+1;. The third kappa shape index (κ3) is 2.83. The molecule has 0 atom stereocenters. The summed E-state index contributed by atoms with van der Waals surface area (Å²) in [6, 6.07) is 21.6. The van der Waals surface area contributed by atoms with Crippen LogP contribution in [0.3, 0.4) is 0 Å². The van der Waals surface area contributed by atoms with E-state index >= 15 is 0 Å². The Balaban J connectivity index is 0.00000128. The molecule has 0 aliphatic rings. The fourth-order valence-corrected chi connectivity index (χ4v) is 3.88. The van der Waals surface area contributed by atoms with Crippen molar-refractivity contribution in [3.8, 4) is 0 Å². The topological polar surface area (TPSA) is 0 Å². The predicted octanol–water partition coefficient (Wildman–Crippen LogP) is 3.53. The van der Waals surface area contributed by atoms with Crippen LogP contribution < -0.4 is 10.6 Å². The van der Waals surface area contributed by atoms with E-state index in [0.717, 1.165) is 0 Å². The summed E-state index contributed by atoms with van der Waals surface area (Å²) in [5, 5.41) is 2.94. The molecule has 0 saturated carbocycles. The molecule has 2 aromatic carbocycles. The Morgan fingerprint density at radius 2 is 0.938 bits per heavy atom. The van der Waals surface area contributed by atoms with Crippen LogP contribution in [0.25, 0.3) is 0 Å². The second kappa shape index (κ2) is 5.79. The van der Waals surface area contributed by atoms with Crippen LogP contribution in [0, 0.1) is 0 Å². The summed E-state index contributed by atoms with van der Waals surface area (Å²) in [5.41, 5.74) is 0.